The third-order valence-electron chi connectivity index (χ3n) is 7.07. The van der Waals surface area contributed by atoms with Crippen molar-refractivity contribution in [1.29, 1.82) is 0 Å². The zero-order valence-electron chi connectivity index (χ0n) is 16.8. The van der Waals surface area contributed by atoms with Crippen LogP contribution in [0.1, 0.15) is 60.8 Å². The van der Waals surface area contributed by atoms with Crippen LogP contribution in [0.4, 0.5) is 0 Å². The van der Waals surface area contributed by atoms with Crippen molar-refractivity contribution in [3.05, 3.63) is 23.3 Å². The van der Waals surface area contributed by atoms with Gasteiger partial charge in [-0.15, -0.1) is 0 Å². The molecule has 0 radical (unpaired) electrons. The van der Waals surface area contributed by atoms with Crippen LogP contribution in [0, 0.1) is 29.1 Å². The number of hydrogen-bond donors (Lipinski definition) is 1. The second-order valence-corrected chi connectivity index (χ2v) is 9.37. The molecule has 2 saturated carbocycles. The summed E-state index contributed by atoms with van der Waals surface area (Å²) in [4.78, 5) is 25.4. The number of rotatable bonds is 1. The van der Waals surface area contributed by atoms with Crippen LogP contribution in [0.3, 0.4) is 0 Å². The molecule has 2 fully saturated rings. The van der Waals surface area contributed by atoms with Crippen molar-refractivity contribution in [3.8, 4) is 0 Å². The van der Waals surface area contributed by atoms with Gasteiger partial charge in [0, 0.05) is 13.3 Å². The Bertz CT molecular complexity index is 686. The van der Waals surface area contributed by atoms with Gasteiger partial charge < -0.3 is 9.84 Å². The summed E-state index contributed by atoms with van der Waals surface area (Å²) in [6.07, 6.45) is 5.79. The van der Waals surface area contributed by atoms with E-state index < -0.39 is 23.6 Å². The van der Waals surface area contributed by atoms with E-state index in [9.17, 15) is 14.7 Å². The van der Waals surface area contributed by atoms with Gasteiger partial charge in [0.25, 0.3) is 0 Å². The molecule has 6 atom stereocenters. The second-order valence-electron chi connectivity index (χ2n) is 9.37. The first-order valence-corrected chi connectivity index (χ1v) is 9.79. The lowest BCUT2D eigenvalue weighted by Gasteiger charge is -2.33. The monoisotopic (exact) mass is 360 g/mol. The highest BCUT2D eigenvalue weighted by Gasteiger charge is 2.60. The normalized spacial score (nSPS) is 46.0. The largest absolute Gasteiger partial charge is 0.450 e. The van der Waals surface area contributed by atoms with Gasteiger partial charge in [0.05, 0.1) is 12.0 Å². The maximum absolute atomic E-state index is 13.5. The molecule has 0 unspecified atom stereocenters. The number of aliphatic hydroxyl groups excluding tert-OH is 1. The van der Waals surface area contributed by atoms with Crippen LogP contribution in [-0.4, -0.2) is 28.6 Å². The fourth-order valence-corrected chi connectivity index (χ4v) is 5.38. The lowest BCUT2D eigenvalue weighted by molar-refractivity contribution is -0.167. The number of Topliss-reactive ketones (excluding diaryl/α,β-unsaturated/α-hetero) is 1. The molecule has 3 aliphatic rings. The number of allylic oxidation sites excluding steroid dienone is 2. The Morgan fingerprint density at radius 2 is 1.88 bits per heavy atom. The van der Waals surface area contributed by atoms with Crippen LogP contribution in [0.15, 0.2) is 23.3 Å². The van der Waals surface area contributed by atoms with Crippen LogP contribution in [-0.2, 0) is 14.3 Å². The van der Waals surface area contributed by atoms with E-state index in [2.05, 4.69) is 26.8 Å². The van der Waals surface area contributed by atoms with Gasteiger partial charge in [0.15, 0.2) is 5.60 Å². The molecule has 0 bridgehead atoms. The van der Waals surface area contributed by atoms with Crippen molar-refractivity contribution in [2.45, 2.75) is 72.5 Å². The van der Waals surface area contributed by atoms with Gasteiger partial charge >= 0.3 is 5.97 Å². The average Bonchev–Trinajstić information content (AvgIpc) is 2.96. The van der Waals surface area contributed by atoms with E-state index in [-0.39, 0.29) is 17.1 Å². The van der Waals surface area contributed by atoms with E-state index in [0.717, 1.165) is 18.4 Å². The lowest BCUT2D eigenvalue weighted by atomic mass is 9.81. The summed E-state index contributed by atoms with van der Waals surface area (Å²) in [5, 5.41) is 10.8. The maximum Gasteiger partial charge on any atom is 0.303 e. The zero-order valence-corrected chi connectivity index (χ0v) is 16.8. The Hall–Kier alpha value is -1.42. The molecule has 0 spiro atoms. The van der Waals surface area contributed by atoms with Gasteiger partial charge in [-0.2, -0.15) is 0 Å². The molecule has 4 heteroatoms. The number of fused-ring (bicyclic) bond motifs is 2. The number of ether oxygens (including phenoxy) is 1. The summed E-state index contributed by atoms with van der Waals surface area (Å²) in [5.41, 5.74) is 0.739. The Morgan fingerprint density at radius 3 is 2.50 bits per heavy atom. The molecule has 0 aromatic heterocycles. The van der Waals surface area contributed by atoms with Crippen molar-refractivity contribution in [2.75, 3.05) is 0 Å². The molecule has 1 N–H and O–H groups in total. The molecular formula is C22H32O4. The third kappa shape index (κ3) is 2.96. The van der Waals surface area contributed by atoms with Gasteiger partial charge in [-0.1, -0.05) is 38.5 Å². The highest BCUT2D eigenvalue weighted by molar-refractivity contribution is 6.03. The Kier molecular flexibility index (Phi) is 4.71. The smallest absolute Gasteiger partial charge is 0.303 e. The minimum atomic E-state index is -1.29. The second kappa shape index (κ2) is 6.33. The van der Waals surface area contributed by atoms with E-state index in [4.69, 9.17) is 4.74 Å². The van der Waals surface area contributed by atoms with Crippen molar-refractivity contribution >= 4 is 11.8 Å². The predicted molar refractivity (Wildman–Crippen MR) is 100 cm³/mol. The zero-order chi connectivity index (χ0) is 19.4. The van der Waals surface area contributed by atoms with Gasteiger partial charge in [0.1, 0.15) is 0 Å². The van der Waals surface area contributed by atoms with Crippen molar-refractivity contribution in [2.24, 2.45) is 29.1 Å². The third-order valence-corrected chi connectivity index (χ3v) is 7.07. The Labute approximate surface area is 156 Å². The van der Waals surface area contributed by atoms with Crippen LogP contribution < -0.4 is 0 Å². The summed E-state index contributed by atoms with van der Waals surface area (Å²) in [6.45, 7) is 11.7. The number of carbonyl (C=O) groups excluding carboxylic acids is 2. The topological polar surface area (TPSA) is 63.6 Å². The lowest BCUT2D eigenvalue weighted by Crippen LogP contribution is -2.48. The molecule has 0 aromatic carbocycles. The summed E-state index contributed by atoms with van der Waals surface area (Å²) in [5.74, 6) is -0.251. The maximum atomic E-state index is 13.5. The van der Waals surface area contributed by atoms with Crippen LogP contribution in [0.5, 0.6) is 0 Å². The standard InChI is InChI=1S/C22H32O4/c1-12-7-8-16-17(21(16,5)6)10-13(2)20(25)22(26-15(4)23)11-14(3)19(24)18(22)9-12/h9-10,14,16-19,24H,7-8,11H2,1-6H3/b12-9-,13-10-/t14-,16-,17+,18-,19-,22+/m0/s1. The van der Waals surface area contributed by atoms with Crippen LogP contribution in [0.25, 0.3) is 0 Å². The van der Waals surface area contributed by atoms with Crippen molar-refractivity contribution in [1.82, 2.24) is 0 Å². The molecule has 0 saturated heterocycles. The van der Waals surface area contributed by atoms with E-state index in [1.807, 2.05) is 19.9 Å². The predicted octanol–water partition coefficient (Wildman–Crippen LogP) is 3.83. The van der Waals surface area contributed by atoms with Crippen molar-refractivity contribution in [3.63, 3.8) is 0 Å². The Morgan fingerprint density at radius 1 is 1.23 bits per heavy atom. The minimum absolute atomic E-state index is 0.104. The number of esters is 1. The van der Waals surface area contributed by atoms with E-state index in [1.165, 1.54) is 6.92 Å². The average molecular weight is 360 g/mol. The minimum Gasteiger partial charge on any atom is -0.450 e. The van der Waals surface area contributed by atoms with Crippen LogP contribution >= 0.6 is 0 Å². The number of ketones is 1. The number of hydrogen-bond acceptors (Lipinski definition) is 4. The summed E-state index contributed by atoms with van der Waals surface area (Å²) >= 11 is 0. The first-order valence-electron chi connectivity index (χ1n) is 9.79. The molecule has 3 rings (SSSR count). The molecule has 0 heterocycles. The summed E-state index contributed by atoms with van der Waals surface area (Å²) in [7, 11) is 0. The first-order chi connectivity index (χ1) is 12.0. The molecule has 144 valence electrons. The van der Waals surface area contributed by atoms with E-state index in [0.29, 0.717) is 23.8 Å². The molecule has 0 aromatic rings. The molecule has 3 aliphatic carbocycles. The molecule has 0 amide bonds. The van der Waals surface area contributed by atoms with Crippen molar-refractivity contribution < 1.29 is 19.4 Å². The quantitative estimate of drug-likeness (QED) is 0.570. The Balaban J connectivity index is 2.11. The van der Waals surface area contributed by atoms with Gasteiger partial charge in [-0.05, 0) is 55.4 Å². The SMILES string of the molecule is CC(=O)O[C@]12C[C@H](C)[C@H](O)[C@@H]1/C=C(/C)CC[C@H]1[C@@H](/C=C(/C)C2=O)C1(C)C. The number of aliphatic hydroxyl groups is 1. The van der Waals surface area contributed by atoms with Crippen LogP contribution in [0.2, 0.25) is 0 Å². The summed E-state index contributed by atoms with van der Waals surface area (Å²) in [6, 6.07) is 0. The fourth-order valence-electron chi connectivity index (χ4n) is 5.38. The molecule has 0 aliphatic heterocycles. The highest BCUT2D eigenvalue weighted by atomic mass is 16.6. The van der Waals surface area contributed by atoms with Gasteiger partial charge in [-0.25, -0.2) is 0 Å². The van der Waals surface area contributed by atoms with Gasteiger partial charge in [-0.3, -0.25) is 9.59 Å². The van der Waals surface area contributed by atoms with Gasteiger partial charge in [0.2, 0.25) is 5.78 Å². The van der Waals surface area contributed by atoms with E-state index in [1.54, 1.807) is 0 Å². The summed E-state index contributed by atoms with van der Waals surface area (Å²) < 4.78 is 5.71. The molecular weight excluding hydrogens is 328 g/mol. The van der Waals surface area contributed by atoms with E-state index >= 15 is 0 Å². The highest BCUT2D eigenvalue weighted by Crippen LogP contribution is 2.62. The molecule has 4 nitrogen and oxygen atoms in total. The fraction of sp³-hybridized carbons (Fsp3) is 0.727. The first kappa shape index (κ1) is 19.3. The molecule has 26 heavy (non-hydrogen) atoms. The number of carbonyl (C=O) groups is 2.